The molecule has 0 saturated carbocycles. The molecule has 8 nitrogen and oxygen atoms in total. The SMILES string of the molecule is CN(C)CCCn1nnnc1Sc1nc(C(F)(F)F)c(C(=O)O)s1. The number of aromatic nitrogens is 5. The van der Waals surface area contributed by atoms with Crippen LogP contribution < -0.4 is 0 Å². The summed E-state index contributed by atoms with van der Waals surface area (Å²) in [5.41, 5.74) is -1.41. The second-order valence-electron chi connectivity index (χ2n) is 4.90. The average Bonchev–Trinajstić information content (AvgIpc) is 3.06. The van der Waals surface area contributed by atoms with Crippen LogP contribution in [0.5, 0.6) is 0 Å². The van der Waals surface area contributed by atoms with E-state index in [1.807, 2.05) is 19.0 Å². The van der Waals surface area contributed by atoms with Crippen molar-refractivity contribution >= 4 is 29.1 Å². The zero-order valence-electron chi connectivity index (χ0n) is 12.6. The van der Waals surface area contributed by atoms with Gasteiger partial charge in [-0.05, 0) is 49.2 Å². The van der Waals surface area contributed by atoms with E-state index < -0.39 is 22.7 Å². The van der Waals surface area contributed by atoms with Crippen LogP contribution in [-0.4, -0.2) is 61.8 Å². The van der Waals surface area contributed by atoms with Gasteiger partial charge in [0.05, 0.1) is 0 Å². The number of thiazole rings is 1. The zero-order chi connectivity index (χ0) is 17.9. The summed E-state index contributed by atoms with van der Waals surface area (Å²) in [5, 5.41) is 20.2. The van der Waals surface area contributed by atoms with Gasteiger partial charge in [-0.15, -0.1) is 5.10 Å². The smallest absolute Gasteiger partial charge is 0.435 e. The lowest BCUT2D eigenvalue weighted by atomic mass is 10.3. The van der Waals surface area contributed by atoms with Gasteiger partial charge in [0, 0.05) is 6.54 Å². The number of halogens is 3. The molecule has 1 N–H and O–H groups in total. The molecule has 132 valence electrons. The number of carboxylic acid groups (broad SMARTS) is 1. The molecule has 0 saturated heterocycles. The molecular weight excluding hydrogens is 369 g/mol. The van der Waals surface area contributed by atoms with Crippen molar-refractivity contribution in [3.8, 4) is 0 Å². The van der Waals surface area contributed by atoms with Crippen molar-refractivity contribution in [2.24, 2.45) is 0 Å². The van der Waals surface area contributed by atoms with Crippen LogP contribution in [-0.2, 0) is 12.7 Å². The van der Waals surface area contributed by atoms with Crippen LogP contribution in [0.2, 0.25) is 0 Å². The molecule has 2 rings (SSSR count). The third-order valence-corrected chi connectivity index (χ3v) is 4.80. The first-order valence-electron chi connectivity index (χ1n) is 6.58. The highest BCUT2D eigenvalue weighted by molar-refractivity contribution is 8.00. The van der Waals surface area contributed by atoms with Crippen LogP contribution in [0.4, 0.5) is 13.2 Å². The number of carbonyl (C=O) groups is 1. The first-order valence-corrected chi connectivity index (χ1v) is 8.22. The molecule has 0 atom stereocenters. The van der Waals surface area contributed by atoms with Gasteiger partial charge in [-0.1, -0.05) is 11.3 Å². The van der Waals surface area contributed by atoms with Crippen LogP contribution in [0.3, 0.4) is 0 Å². The Labute approximate surface area is 142 Å². The lowest BCUT2D eigenvalue weighted by molar-refractivity contribution is -0.141. The first-order chi connectivity index (χ1) is 11.2. The number of nitrogens with zero attached hydrogens (tertiary/aromatic N) is 6. The monoisotopic (exact) mass is 382 g/mol. The summed E-state index contributed by atoms with van der Waals surface area (Å²) >= 11 is 1.25. The van der Waals surface area contributed by atoms with Crippen molar-refractivity contribution in [3.05, 3.63) is 10.6 Å². The van der Waals surface area contributed by atoms with E-state index in [0.717, 1.165) is 24.7 Å². The molecule has 0 bridgehead atoms. The number of hydrogen-bond donors (Lipinski definition) is 1. The van der Waals surface area contributed by atoms with E-state index in [4.69, 9.17) is 5.11 Å². The summed E-state index contributed by atoms with van der Waals surface area (Å²) in [5.74, 6) is -1.67. The summed E-state index contributed by atoms with van der Waals surface area (Å²) in [6, 6.07) is 0. The largest absolute Gasteiger partial charge is 0.477 e. The van der Waals surface area contributed by atoms with E-state index in [9.17, 15) is 18.0 Å². The minimum atomic E-state index is -4.83. The summed E-state index contributed by atoms with van der Waals surface area (Å²) in [6.45, 7) is 1.28. The topological polar surface area (TPSA) is 97.0 Å². The maximum absolute atomic E-state index is 12.8. The zero-order valence-corrected chi connectivity index (χ0v) is 14.2. The number of rotatable bonds is 7. The Morgan fingerprint density at radius 1 is 1.42 bits per heavy atom. The Kier molecular flexibility index (Phi) is 5.77. The standard InChI is InChI=1S/C11H13F3N6O2S2/c1-19(2)4-3-5-20-9(16-17-18-20)24-10-15-7(11(12,13)14)6(23-10)8(21)22/h3-5H2,1-2H3,(H,21,22). The van der Waals surface area contributed by atoms with Gasteiger partial charge in [0.1, 0.15) is 4.88 Å². The van der Waals surface area contributed by atoms with Crippen molar-refractivity contribution in [2.75, 3.05) is 20.6 Å². The van der Waals surface area contributed by atoms with Crippen LogP contribution in [0, 0.1) is 0 Å². The lowest BCUT2D eigenvalue weighted by Crippen LogP contribution is -2.15. The molecule has 24 heavy (non-hydrogen) atoms. The first kappa shape index (κ1) is 18.6. The van der Waals surface area contributed by atoms with Gasteiger partial charge in [-0.25, -0.2) is 14.5 Å². The van der Waals surface area contributed by atoms with Gasteiger partial charge in [-0.3, -0.25) is 0 Å². The highest BCUT2D eigenvalue weighted by Gasteiger charge is 2.40. The van der Waals surface area contributed by atoms with Gasteiger partial charge in [0.15, 0.2) is 10.0 Å². The predicted molar refractivity (Wildman–Crippen MR) is 79.2 cm³/mol. The number of carboxylic acids is 1. The van der Waals surface area contributed by atoms with Crippen molar-refractivity contribution in [2.45, 2.75) is 28.6 Å². The molecule has 2 aromatic rings. The number of hydrogen-bond acceptors (Lipinski definition) is 8. The Hall–Kier alpha value is -1.73. The average molecular weight is 382 g/mol. The Bertz CT molecular complexity index is 715. The second-order valence-corrected chi connectivity index (χ2v) is 7.12. The molecule has 0 aliphatic rings. The van der Waals surface area contributed by atoms with E-state index in [2.05, 4.69) is 20.5 Å². The molecule has 0 radical (unpaired) electrons. The molecule has 0 spiro atoms. The normalized spacial score (nSPS) is 12.1. The van der Waals surface area contributed by atoms with Gasteiger partial charge < -0.3 is 10.0 Å². The molecule has 0 aliphatic carbocycles. The maximum atomic E-state index is 12.8. The fraction of sp³-hybridized carbons (Fsp3) is 0.545. The molecule has 0 unspecified atom stereocenters. The molecular formula is C11H13F3N6O2S2. The summed E-state index contributed by atoms with van der Waals surface area (Å²) in [7, 11) is 3.83. The van der Waals surface area contributed by atoms with Gasteiger partial charge >= 0.3 is 12.1 Å². The van der Waals surface area contributed by atoms with Crippen LogP contribution >= 0.6 is 23.1 Å². The second kappa shape index (κ2) is 7.44. The minimum absolute atomic E-state index is 0.0802. The van der Waals surface area contributed by atoms with E-state index >= 15 is 0 Å². The highest BCUT2D eigenvalue weighted by atomic mass is 32.2. The molecule has 0 fully saturated rings. The number of tetrazole rings is 1. The summed E-state index contributed by atoms with van der Waals surface area (Å²) < 4.78 is 39.9. The lowest BCUT2D eigenvalue weighted by Gasteiger charge is -2.08. The predicted octanol–water partition coefficient (Wildman–Crippen LogP) is 1.95. The summed E-state index contributed by atoms with van der Waals surface area (Å²) in [4.78, 5) is 15.5. The van der Waals surface area contributed by atoms with Gasteiger partial charge in [0.25, 0.3) is 0 Å². The molecule has 0 aromatic carbocycles. The Morgan fingerprint density at radius 2 is 2.12 bits per heavy atom. The fourth-order valence-electron chi connectivity index (χ4n) is 1.71. The van der Waals surface area contributed by atoms with Crippen molar-refractivity contribution in [3.63, 3.8) is 0 Å². The van der Waals surface area contributed by atoms with Gasteiger partial charge in [-0.2, -0.15) is 13.2 Å². The van der Waals surface area contributed by atoms with Crippen molar-refractivity contribution in [1.82, 2.24) is 30.1 Å². The van der Waals surface area contributed by atoms with E-state index in [1.54, 1.807) is 0 Å². The minimum Gasteiger partial charge on any atom is -0.477 e. The van der Waals surface area contributed by atoms with Crippen LogP contribution in [0.15, 0.2) is 9.50 Å². The molecule has 2 heterocycles. The number of aromatic carboxylic acids is 1. The molecule has 2 aromatic heterocycles. The Balaban J connectivity index is 2.17. The quantitative estimate of drug-likeness (QED) is 0.776. The van der Waals surface area contributed by atoms with Gasteiger partial charge in [0.2, 0.25) is 5.16 Å². The third-order valence-electron chi connectivity index (χ3n) is 2.72. The maximum Gasteiger partial charge on any atom is 0.435 e. The molecule has 0 amide bonds. The van der Waals surface area contributed by atoms with E-state index in [-0.39, 0.29) is 9.50 Å². The third kappa shape index (κ3) is 4.64. The van der Waals surface area contributed by atoms with E-state index in [1.165, 1.54) is 4.68 Å². The van der Waals surface area contributed by atoms with Crippen molar-refractivity contribution in [1.29, 1.82) is 0 Å². The molecule has 13 heteroatoms. The van der Waals surface area contributed by atoms with Crippen LogP contribution in [0.1, 0.15) is 21.8 Å². The fourth-order valence-corrected chi connectivity index (χ4v) is 3.61. The van der Waals surface area contributed by atoms with E-state index in [0.29, 0.717) is 17.9 Å². The molecule has 0 aliphatic heterocycles. The number of alkyl halides is 3. The van der Waals surface area contributed by atoms with Crippen LogP contribution in [0.25, 0.3) is 0 Å². The number of aryl methyl sites for hydroxylation is 1. The highest BCUT2D eigenvalue weighted by Crippen LogP contribution is 2.38. The summed E-state index contributed by atoms with van der Waals surface area (Å²) in [6.07, 6.45) is -4.09. The Morgan fingerprint density at radius 3 is 2.67 bits per heavy atom. The van der Waals surface area contributed by atoms with Crippen molar-refractivity contribution < 1.29 is 23.1 Å².